The molecule has 0 radical (unpaired) electrons. The molecule has 104 valence electrons. The molecule has 6 nitrogen and oxygen atoms in total. The van der Waals surface area contributed by atoms with Gasteiger partial charge >= 0.3 is 68.8 Å². The fraction of sp³-hybridized carbons (Fsp3) is 1.00. The van der Waals surface area contributed by atoms with Gasteiger partial charge in [-0.25, -0.2) is 27.1 Å². The summed E-state index contributed by atoms with van der Waals surface area (Å²) in [5.41, 5.74) is -10.6. The van der Waals surface area contributed by atoms with Crippen molar-refractivity contribution in [1.82, 2.24) is 0 Å². The number of halogens is 6. The number of rotatable bonds is 0. The molecule has 0 heterocycles. The minimum Gasteiger partial charge on any atom is -1.00 e. The summed E-state index contributed by atoms with van der Waals surface area (Å²) >= 11 is 0. The number of nitrogens with two attached hydrogens (primary N) is 2. The van der Waals surface area contributed by atoms with Crippen LogP contribution in [0.1, 0.15) is 2.85 Å². The molecule has 0 aromatic heterocycles. The quantitative estimate of drug-likeness (QED) is 0.453. The van der Waals surface area contributed by atoms with Gasteiger partial charge in [0.15, 0.2) is 0 Å². The van der Waals surface area contributed by atoms with Gasteiger partial charge < -0.3 is 2.85 Å². The van der Waals surface area contributed by atoms with Crippen molar-refractivity contribution in [2.24, 2.45) is 10.3 Å². The first-order valence-corrected chi connectivity index (χ1v) is 5.77. The van der Waals surface area contributed by atoms with Crippen LogP contribution in [0.25, 0.3) is 0 Å². The zero-order chi connectivity index (χ0) is 14.0. The predicted molar refractivity (Wildman–Crippen MR) is 46.3 cm³/mol. The third kappa shape index (κ3) is 10.3. The smallest absolute Gasteiger partial charge is 1.00 e. The van der Waals surface area contributed by atoms with Gasteiger partial charge in [0.25, 0.3) is 0 Å². The molecule has 0 aliphatic carbocycles. The number of alkyl halides is 6. The van der Waals surface area contributed by atoms with Crippen LogP contribution in [0.5, 0.6) is 0 Å². The Hall–Kier alpha value is 0.660. The molecule has 0 aliphatic rings. The van der Waals surface area contributed by atoms with Gasteiger partial charge in [0.05, 0.1) is 0 Å². The van der Waals surface area contributed by atoms with Crippen LogP contribution in [0.3, 0.4) is 0 Å². The molecule has 0 aliphatic heterocycles. The second-order valence-corrected chi connectivity index (χ2v) is 5.09. The fourth-order valence-electron chi connectivity index (χ4n) is 0. The second kappa shape index (κ2) is 6.72. The Labute approximate surface area is 124 Å². The van der Waals surface area contributed by atoms with E-state index in [9.17, 15) is 43.2 Å². The molecule has 0 atom stereocenters. The van der Waals surface area contributed by atoms with Crippen LogP contribution in [0.4, 0.5) is 26.3 Å². The number of hydrogen-bond donors (Lipinski definition) is 2. The van der Waals surface area contributed by atoms with Crippen molar-refractivity contribution in [3.05, 3.63) is 0 Å². The predicted octanol–water partition coefficient (Wildman–Crippen LogP) is -0.566. The molecule has 17 heavy (non-hydrogen) atoms. The Morgan fingerprint density at radius 2 is 0.765 bits per heavy atom. The first-order valence-electron chi connectivity index (χ1n) is 2.68. The molecular formula is C2H6CaF6N2O4S2. The number of sulfonamides is 2. The van der Waals surface area contributed by atoms with E-state index in [1.807, 2.05) is 0 Å². The molecule has 15 heteroatoms. The summed E-state index contributed by atoms with van der Waals surface area (Å²) in [7, 11) is -10.7. The molecule has 0 saturated carbocycles. The summed E-state index contributed by atoms with van der Waals surface area (Å²) in [5.74, 6) is 0. The van der Waals surface area contributed by atoms with Gasteiger partial charge in [0, 0.05) is 0 Å². The van der Waals surface area contributed by atoms with E-state index < -0.39 is 31.1 Å². The van der Waals surface area contributed by atoms with Crippen LogP contribution in [0.15, 0.2) is 0 Å². The van der Waals surface area contributed by atoms with Gasteiger partial charge in [0.2, 0.25) is 0 Å². The van der Waals surface area contributed by atoms with Crippen LogP contribution in [0.2, 0.25) is 0 Å². The van der Waals surface area contributed by atoms with Gasteiger partial charge in [-0.3, -0.25) is 0 Å². The van der Waals surface area contributed by atoms with E-state index >= 15 is 0 Å². The monoisotopic (exact) mass is 340 g/mol. The fourth-order valence-corrected chi connectivity index (χ4v) is 0. The first-order chi connectivity index (χ1) is 6.50. The van der Waals surface area contributed by atoms with Crippen LogP contribution in [-0.2, 0) is 20.0 Å². The van der Waals surface area contributed by atoms with Crippen LogP contribution in [0, 0.1) is 0 Å². The summed E-state index contributed by atoms with van der Waals surface area (Å²) in [4.78, 5) is 0. The molecule has 0 aromatic rings. The maximum Gasteiger partial charge on any atom is 2.00 e. The molecule has 0 amide bonds. The molecule has 0 unspecified atom stereocenters. The van der Waals surface area contributed by atoms with Gasteiger partial charge in [-0.15, -0.1) is 0 Å². The van der Waals surface area contributed by atoms with E-state index in [2.05, 4.69) is 10.3 Å². The van der Waals surface area contributed by atoms with E-state index in [-0.39, 0.29) is 40.6 Å². The SMILES string of the molecule is NS(=O)(=O)C(F)(F)F.NS(=O)(=O)C(F)(F)F.[Ca+2].[H-].[H-]. The Morgan fingerprint density at radius 1 is 0.706 bits per heavy atom. The Balaban J connectivity index is -0.0000000594. The summed E-state index contributed by atoms with van der Waals surface area (Å²) in [6.45, 7) is 0. The Kier molecular flexibility index (Phi) is 9.01. The zero-order valence-corrected chi connectivity index (χ0v) is 11.4. The maximum atomic E-state index is 10.8. The van der Waals surface area contributed by atoms with Crippen molar-refractivity contribution < 1.29 is 46.0 Å². The van der Waals surface area contributed by atoms with Crippen LogP contribution < -0.4 is 10.3 Å². The minimum absolute atomic E-state index is 0. The third-order valence-corrected chi connectivity index (χ3v) is 1.94. The van der Waals surface area contributed by atoms with Gasteiger partial charge in [-0.2, -0.15) is 26.3 Å². The normalized spacial score (nSPS) is 13.2. The summed E-state index contributed by atoms with van der Waals surface area (Å²) in [5, 5.41) is 7.32. The molecule has 0 saturated heterocycles. The van der Waals surface area contributed by atoms with Gasteiger partial charge in [-0.1, -0.05) is 0 Å². The number of primary sulfonamides is 2. The Morgan fingerprint density at radius 3 is 0.765 bits per heavy atom. The second-order valence-electron chi connectivity index (χ2n) is 1.98. The van der Waals surface area contributed by atoms with E-state index in [4.69, 9.17) is 0 Å². The van der Waals surface area contributed by atoms with Crippen molar-refractivity contribution in [3.63, 3.8) is 0 Å². The molecule has 0 spiro atoms. The maximum absolute atomic E-state index is 10.8. The first kappa shape index (κ1) is 22.8. The topological polar surface area (TPSA) is 120 Å². The van der Waals surface area contributed by atoms with Crippen molar-refractivity contribution in [3.8, 4) is 0 Å². The van der Waals surface area contributed by atoms with Crippen molar-refractivity contribution >= 4 is 57.8 Å². The molecule has 0 rings (SSSR count). The third-order valence-electron chi connectivity index (χ3n) is 0.645. The Bertz CT molecular complexity index is 389. The van der Waals surface area contributed by atoms with Gasteiger partial charge in [0.1, 0.15) is 0 Å². The van der Waals surface area contributed by atoms with Crippen LogP contribution >= 0.6 is 0 Å². The standard InChI is InChI=1S/2CH2F3NO2S.Ca.2H/c2*2-1(3,4)8(5,6)7;;;/h2*(H2,5,6,7);;;/q;;+2;2*-1. The van der Waals surface area contributed by atoms with Crippen molar-refractivity contribution in [2.45, 2.75) is 11.0 Å². The minimum atomic E-state index is -5.34. The molecular weight excluding hydrogens is 334 g/mol. The summed E-state index contributed by atoms with van der Waals surface area (Å²) < 4.78 is 102. The molecule has 0 aromatic carbocycles. The van der Waals surface area contributed by atoms with Gasteiger partial charge in [-0.05, 0) is 0 Å². The summed E-state index contributed by atoms with van der Waals surface area (Å²) in [6, 6.07) is 0. The van der Waals surface area contributed by atoms with Crippen molar-refractivity contribution in [1.29, 1.82) is 0 Å². The number of hydrogen-bond acceptors (Lipinski definition) is 4. The molecule has 4 N–H and O–H groups in total. The average molecular weight is 340 g/mol. The zero-order valence-electron chi connectivity index (χ0n) is 9.58. The largest absolute Gasteiger partial charge is 2.00 e. The summed E-state index contributed by atoms with van der Waals surface area (Å²) in [6.07, 6.45) is 0. The van der Waals surface area contributed by atoms with E-state index in [0.717, 1.165) is 0 Å². The van der Waals surface area contributed by atoms with E-state index in [1.54, 1.807) is 0 Å². The molecule has 0 fully saturated rings. The van der Waals surface area contributed by atoms with E-state index in [1.165, 1.54) is 0 Å². The average Bonchev–Trinajstić information content (AvgIpc) is 1.77. The van der Waals surface area contributed by atoms with Crippen molar-refractivity contribution in [2.75, 3.05) is 0 Å². The van der Waals surface area contributed by atoms with Crippen LogP contribution in [-0.4, -0.2) is 65.6 Å². The van der Waals surface area contributed by atoms with E-state index in [0.29, 0.717) is 0 Å². The molecule has 0 bridgehead atoms.